The van der Waals surface area contributed by atoms with Crippen molar-refractivity contribution in [3.8, 4) is 5.75 Å². The zero-order chi connectivity index (χ0) is 24.0. The van der Waals surface area contributed by atoms with Gasteiger partial charge in [0.2, 0.25) is 5.91 Å². The van der Waals surface area contributed by atoms with Crippen molar-refractivity contribution in [3.63, 3.8) is 0 Å². The molecule has 9 nitrogen and oxygen atoms in total. The summed E-state index contributed by atoms with van der Waals surface area (Å²) in [5.74, 6) is -0.00657. The van der Waals surface area contributed by atoms with Crippen molar-refractivity contribution in [2.45, 2.75) is 19.0 Å². The quantitative estimate of drug-likeness (QED) is 0.333. The number of halogens is 3. The lowest BCUT2D eigenvalue weighted by Gasteiger charge is -2.16. The Morgan fingerprint density at radius 3 is 2.64 bits per heavy atom. The number of nitrogens with one attached hydrogen (secondary N) is 2. The number of anilines is 2. The molecular formula is C21H21F3N4O5. The Hall–Kier alpha value is -3.83. The maximum absolute atomic E-state index is 12.8. The summed E-state index contributed by atoms with van der Waals surface area (Å²) in [7, 11) is 0. The number of carbonyl (C=O) groups is 2. The summed E-state index contributed by atoms with van der Waals surface area (Å²) in [6, 6.07) is 9.00. The van der Waals surface area contributed by atoms with Gasteiger partial charge in [0.1, 0.15) is 11.4 Å². The molecule has 0 saturated carbocycles. The van der Waals surface area contributed by atoms with Crippen LogP contribution in [0.2, 0.25) is 0 Å². The van der Waals surface area contributed by atoms with Crippen molar-refractivity contribution in [2.75, 3.05) is 36.5 Å². The molecule has 33 heavy (non-hydrogen) atoms. The van der Waals surface area contributed by atoms with Crippen LogP contribution < -0.4 is 20.3 Å². The van der Waals surface area contributed by atoms with Crippen LogP contribution >= 0.6 is 0 Å². The van der Waals surface area contributed by atoms with Crippen molar-refractivity contribution in [1.82, 2.24) is 5.32 Å². The van der Waals surface area contributed by atoms with Gasteiger partial charge in [-0.05, 0) is 30.7 Å². The second kappa shape index (κ2) is 10.2. The minimum absolute atomic E-state index is 0.0330. The lowest BCUT2D eigenvalue weighted by molar-refractivity contribution is -0.384. The van der Waals surface area contributed by atoms with Gasteiger partial charge in [-0.15, -0.1) is 0 Å². The first-order valence-corrected chi connectivity index (χ1v) is 10.0. The van der Waals surface area contributed by atoms with Crippen molar-refractivity contribution >= 4 is 28.9 Å². The molecule has 1 heterocycles. The molecule has 2 aromatic carbocycles. The second-order valence-electron chi connectivity index (χ2n) is 7.20. The molecule has 1 fully saturated rings. The van der Waals surface area contributed by atoms with Gasteiger partial charge < -0.3 is 20.3 Å². The highest BCUT2D eigenvalue weighted by Gasteiger charge is 2.33. The van der Waals surface area contributed by atoms with Gasteiger partial charge in [0.05, 0.1) is 10.5 Å². The van der Waals surface area contributed by atoms with Crippen LogP contribution in [-0.2, 0) is 15.8 Å². The molecule has 2 aromatic rings. The van der Waals surface area contributed by atoms with Gasteiger partial charge in [0, 0.05) is 43.9 Å². The Balaban J connectivity index is 1.46. The summed E-state index contributed by atoms with van der Waals surface area (Å²) in [4.78, 5) is 35.7. The number of hydrogen-bond donors (Lipinski definition) is 2. The maximum Gasteiger partial charge on any atom is 0.416 e. The van der Waals surface area contributed by atoms with E-state index >= 15 is 0 Å². The van der Waals surface area contributed by atoms with Crippen LogP contribution in [0.4, 0.5) is 30.2 Å². The fraction of sp³-hybridized carbons (Fsp3) is 0.333. The highest BCUT2D eigenvalue weighted by atomic mass is 19.4. The number of nitrogens with zero attached hydrogens (tertiary/aromatic N) is 2. The molecule has 0 atom stereocenters. The summed E-state index contributed by atoms with van der Waals surface area (Å²) in [6.45, 7) is 0.442. The third kappa shape index (κ3) is 6.34. The number of amides is 2. The van der Waals surface area contributed by atoms with E-state index in [1.165, 1.54) is 0 Å². The molecule has 1 aliphatic heterocycles. The van der Waals surface area contributed by atoms with Crippen LogP contribution in [0.5, 0.6) is 5.75 Å². The van der Waals surface area contributed by atoms with Crippen molar-refractivity contribution < 1.29 is 32.4 Å². The third-order valence-corrected chi connectivity index (χ3v) is 4.86. The first-order chi connectivity index (χ1) is 15.6. The maximum atomic E-state index is 12.8. The van der Waals surface area contributed by atoms with E-state index in [9.17, 15) is 32.9 Å². The van der Waals surface area contributed by atoms with Gasteiger partial charge >= 0.3 is 6.18 Å². The molecule has 0 bridgehead atoms. The zero-order valence-electron chi connectivity index (χ0n) is 17.4. The first-order valence-electron chi connectivity index (χ1n) is 10.0. The van der Waals surface area contributed by atoms with Gasteiger partial charge in [0.15, 0.2) is 6.61 Å². The Morgan fingerprint density at radius 2 is 1.97 bits per heavy atom. The SMILES string of the molecule is O=C(COc1cccc(N2CCCC2=O)c1)NCCNc1ccc(C(F)(F)F)cc1[N+](=O)[O-]. The predicted molar refractivity (Wildman–Crippen MR) is 113 cm³/mol. The van der Waals surface area contributed by atoms with Crippen LogP contribution in [0, 0.1) is 10.1 Å². The van der Waals surface area contributed by atoms with E-state index in [2.05, 4.69) is 10.6 Å². The highest BCUT2D eigenvalue weighted by Crippen LogP contribution is 2.34. The molecule has 176 valence electrons. The molecule has 12 heteroatoms. The molecule has 1 aliphatic rings. The number of nitro groups is 1. The highest BCUT2D eigenvalue weighted by molar-refractivity contribution is 5.95. The lowest BCUT2D eigenvalue weighted by Crippen LogP contribution is -2.32. The first kappa shape index (κ1) is 23.8. The number of alkyl halides is 3. The van der Waals surface area contributed by atoms with Gasteiger partial charge in [-0.2, -0.15) is 13.2 Å². The van der Waals surface area contributed by atoms with Crippen LogP contribution in [0.15, 0.2) is 42.5 Å². The van der Waals surface area contributed by atoms with E-state index < -0.39 is 28.3 Å². The average molecular weight is 466 g/mol. The zero-order valence-corrected chi connectivity index (χ0v) is 17.4. The smallest absolute Gasteiger partial charge is 0.416 e. The molecule has 0 aromatic heterocycles. The number of carbonyl (C=O) groups excluding carboxylic acids is 2. The Kier molecular flexibility index (Phi) is 7.36. The summed E-state index contributed by atoms with van der Waals surface area (Å²) in [5, 5.41) is 16.3. The van der Waals surface area contributed by atoms with Crippen LogP contribution in [0.3, 0.4) is 0 Å². The third-order valence-electron chi connectivity index (χ3n) is 4.86. The number of ether oxygens (including phenoxy) is 1. The molecule has 3 rings (SSSR count). The van der Waals surface area contributed by atoms with E-state index in [-0.39, 0.29) is 31.3 Å². The van der Waals surface area contributed by atoms with Crippen LogP contribution in [-0.4, -0.2) is 43.0 Å². The van der Waals surface area contributed by atoms with E-state index in [0.717, 1.165) is 18.6 Å². The molecule has 1 saturated heterocycles. The van der Waals surface area contributed by atoms with E-state index in [1.807, 2.05) is 0 Å². The van der Waals surface area contributed by atoms with E-state index in [1.54, 1.807) is 29.2 Å². The number of benzene rings is 2. The Bertz CT molecular complexity index is 1040. The molecule has 0 aliphatic carbocycles. The standard InChI is InChI=1S/C21H21F3N4O5/c22-21(23,24)14-6-7-17(18(11-14)28(31)32)25-8-9-26-19(29)13-33-16-4-1-3-15(12-16)27-10-2-5-20(27)30/h1,3-4,6-7,11-12,25H,2,5,8-10,13H2,(H,26,29). The van der Waals surface area contributed by atoms with E-state index in [0.29, 0.717) is 30.5 Å². The molecular weight excluding hydrogens is 445 g/mol. The van der Waals surface area contributed by atoms with Crippen molar-refractivity contribution in [3.05, 3.63) is 58.1 Å². The largest absolute Gasteiger partial charge is 0.484 e. The molecule has 2 N–H and O–H groups in total. The van der Waals surface area contributed by atoms with Crippen molar-refractivity contribution in [1.29, 1.82) is 0 Å². The molecule has 2 amide bonds. The second-order valence-corrected chi connectivity index (χ2v) is 7.20. The van der Waals surface area contributed by atoms with Crippen molar-refractivity contribution in [2.24, 2.45) is 0 Å². The van der Waals surface area contributed by atoms with Crippen LogP contribution in [0.25, 0.3) is 0 Å². The van der Waals surface area contributed by atoms with Gasteiger partial charge in [-0.3, -0.25) is 19.7 Å². The topological polar surface area (TPSA) is 114 Å². The number of rotatable bonds is 9. The average Bonchev–Trinajstić information content (AvgIpc) is 3.20. The molecule has 0 radical (unpaired) electrons. The predicted octanol–water partition coefficient (Wildman–Crippen LogP) is 3.35. The normalized spacial score (nSPS) is 13.7. The minimum atomic E-state index is -4.69. The summed E-state index contributed by atoms with van der Waals surface area (Å²) in [6.07, 6.45) is -3.41. The Morgan fingerprint density at radius 1 is 1.18 bits per heavy atom. The van der Waals surface area contributed by atoms with Gasteiger partial charge in [0.25, 0.3) is 11.6 Å². The minimum Gasteiger partial charge on any atom is -0.484 e. The summed E-state index contributed by atoms with van der Waals surface area (Å²) >= 11 is 0. The number of hydrogen-bond acceptors (Lipinski definition) is 6. The fourth-order valence-corrected chi connectivity index (χ4v) is 3.27. The monoisotopic (exact) mass is 466 g/mol. The molecule has 0 spiro atoms. The summed E-state index contributed by atoms with van der Waals surface area (Å²) in [5.41, 5.74) is -1.23. The van der Waals surface area contributed by atoms with Gasteiger partial charge in [-0.1, -0.05) is 6.07 Å². The number of nitro benzene ring substituents is 1. The van der Waals surface area contributed by atoms with E-state index in [4.69, 9.17) is 4.74 Å². The summed E-state index contributed by atoms with van der Waals surface area (Å²) < 4.78 is 43.7. The molecule has 0 unspecified atom stereocenters. The van der Waals surface area contributed by atoms with Crippen LogP contribution in [0.1, 0.15) is 18.4 Å². The Labute approximate surface area is 186 Å². The van der Waals surface area contributed by atoms with Gasteiger partial charge in [-0.25, -0.2) is 0 Å². The fourth-order valence-electron chi connectivity index (χ4n) is 3.27. The lowest BCUT2D eigenvalue weighted by atomic mass is 10.1.